The zero-order valence-electron chi connectivity index (χ0n) is 11.4. The zero-order chi connectivity index (χ0) is 14.4. The summed E-state index contributed by atoms with van der Waals surface area (Å²) in [6, 6.07) is 5.90. The highest BCUT2D eigenvalue weighted by atomic mass is 32.2. The summed E-state index contributed by atoms with van der Waals surface area (Å²) in [5.74, 6) is 0.321. The van der Waals surface area contributed by atoms with Gasteiger partial charge in [0.1, 0.15) is 0 Å². The van der Waals surface area contributed by atoms with Crippen LogP contribution in [0.4, 0.5) is 0 Å². The Morgan fingerprint density at radius 3 is 2.85 bits per heavy atom. The topological polar surface area (TPSA) is 74.1 Å². The summed E-state index contributed by atoms with van der Waals surface area (Å²) in [5, 5.41) is 8.50. The van der Waals surface area contributed by atoms with Gasteiger partial charge in [-0.3, -0.25) is 4.98 Å². The second kappa shape index (κ2) is 6.82. The van der Waals surface area contributed by atoms with Crippen LogP contribution in [-0.2, 0) is 10.0 Å². The Morgan fingerprint density at radius 1 is 1.40 bits per heavy atom. The number of hydrogen-bond acceptors (Lipinski definition) is 4. The Labute approximate surface area is 120 Å². The van der Waals surface area contributed by atoms with Crippen molar-refractivity contribution in [3.63, 3.8) is 0 Å². The third kappa shape index (κ3) is 3.78. The molecular formula is C14H19N3O2S. The molecule has 1 aromatic rings. The van der Waals surface area contributed by atoms with E-state index >= 15 is 0 Å². The predicted octanol–water partition coefficient (Wildman–Crippen LogP) is 1.89. The monoisotopic (exact) mass is 293 g/mol. The van der Waals surface area contributed by atoms with E-state index < -0.39 is 10.0 Å². The molecule has 1 saturated heterocycles. The van der Waals surface area contributed by atoms with E-state index in [0.29, 0.717) is 25.9 Å². The van der Waals surface area contributed by atoms with Crippen molar-refractivity contribution >= 4 is 10.0 Å². The average molecular weight is 293 g/mol. The van der Waals surface area contributed by atoms with Crippen molar-refractivity contribution < 1.29 is 8.42 Å². The van der Waals surface area contributed by atoms with Gasteiger partial charge in [-0.1, -0.05) is 0 Å². The third-order valence-electron chi connectivity index (χ3n) is 3.65. The SMILES string of the molecule is N#CCCCS(=O)(=O)N1CCCC(c2ccncc2)C1. The number of nitriles is 1. The summed E-state index contributed by atoms with van der Waals surface area (Å²) in [7, 11) is -3.23. The molecule has 20 heavy (non-hydrogen) atoms. The number of sulfonamides is 1. The molecule has 0 N–H and O–H groups in total. The van der Waals surface area contributed by atoms with Gasteiger partial charge in [-0.25, -0.2) is 12.7 Å². The van der Waals surface area contributed by atoms with Crippen LogP contribution >= 0.6 is 0 Å². The Bertz CT molecular complexity index is 566. The van der Waals surface area contributed by atoms with E-state index in [2.05, 4.69) is 4.98 Å². The molecule has 108 valence electrons. The molecule has 0 bridgehead atoms. The van der Waals surface area contributed by atoms with Crippen molar-refractivity contribution in [1.82, 2.24) is 9.29 Å². The molecule has 0 aliphatic carbocycles. The van der Waals surface area contributed by atoms with Gasteiger partial charge in [-0.2, -0.15) is 5.26 Å². The highest BCUT2D eigenvalue weighted by molar-refractivity contribution is 7.89. The van der Waals surface area contributed by atoms with Crippen LogP contribution in [0.25, 0.3) is 0 Å². The van der Waals surface area contributed by atoms with Gasteiger partial charge in [0, 0.05) is 31.9 Å². The van der Waals surface area contributed by atoms with Crippen LogP contribution < -0.4 is 0 Å². The predicted molar refractivity (Wildman–Crippen MR) is 76.4 cm³/mol. The number of piperidine rings is 1. The van der Waals surface area contributed by atoms with Gasteiger partial charge in [0.05, 0.1) is 11.8 Å². The molecule has 0 aromatic carbocycles. The van der Waals surface area contributed by atoms with Crippen molar-refractivity contribution in [3.05, 3.63) is 30.1 Å². The second-order valence-electron chi connectivity index (χ2n) is 5.06. The van der Waals surface area contributed by atoms with Crippen LogP contribution in [0.5, 0.6) is 0 Å². The van der Waals surface area contributed by atoms with Gasteiger partial charge in [0.15, 0.2) is 0 Å². The van der Waals surface area contributed by atoms with E-state index in [4.69, 9.17) is 5.26 Å². The Balaban J connectivity index is 2.02. The summed E-state index contributed by atoms with van der Waals surface area (Å²) < 4.78 is 26.1. The molecule has 2 heterocycles. The number of hydrogen-bond donors (Lipinski definition) is 0. The van der Waals surface area contributed by atoms with Crippen molar-refractivity contribution in [2.24, 2.45) is 0 Å². The summed E-state index contributed by atoms with van der Waals surface area (Å²) >= 11 is 0. The van der Waals surface area contributed by atoms with E-state index in [1.165, 1.54) is 0 Å². The van der Waals surface area contributed by atoms with Crippen molar-refractivity contribution in [2.45, 2.75) is 31.6 Å². The first-order valence-corrected chi connectivity index (χ1v) is 8.49. The van der Waals surface area contributed by atoms with Gasteiger partial charge >= 0.3 is 0 Å². The lowest BCUT2D eigenvalue weighted by Crippen LogP contribution is -2.40. The quantitative estimate of drug-likeness (QED) is 0.777. The number of pyridine rings is 1. The Morgan fingerprint density at radius 2 is 2.15 bits per heavy atom. The first-order chi connectivity index (χ1) is 9.63. The van der Waals surface area contributed by atoms with E-state index in [-0.39, 0.29) is 11.7 Å². The van der Waals surface area contributed by atoms with Gasteiger partial charge in [0.25, 0.3) is 0 Å². The van der Waals surface area contributed by atoms with Gasteiger partial charge in [0.2, 0.25) is 10.0 Å². The first kappa shape index (κ1) is 14.9. The zero-order valence-corrected chi connectivity index (χ0v) is 12.2. The standard InChI is InChI=1S/C14H19N3O2S/c15-7-1-2-11-20(18,19)17-10-3-4-14(12-17)13-5-8-16-9-6-13/h5-6,8-9,14H,1-4,10-12H2. The molecule has 5 nitrogen and oxygen atoms in total. The first-order valence-electron chi connectivity index (χ1n) is 6.88. The van der Waals surface area contributed by atoms with Crippen LogP contribution in [0.15, 0.2) is 24.5 Å². The summed E-state index contributed by atoms with van der Waals surface area (Å²) in [4.78, 5) is 4.00. The minimum absolute atomic E-state index is 0.0730. The Hall–Kier alpha value is -1.45. The minimum Gasteiger partial charge on any atom is -0.265 e. The van der Waals surface area contributed by atoms with Gasteiger partial charge in [-0.15, -0.1) is 0 Å². The number of unbranched alkanes of at least 4 members (excludes halogenated alkanes) is 1. The minimum atomic E-state index is -3.23. The molecule has 0 saturated carbocycles. The number of rotatable bonds is 5. The normalized spacial score (nSPS) is 20.4. The molecule has 1 aliphatic heterocycles. The van der Waals surface area contributed by atoms with Crippen LogP contribution in [0, 0.1) is 11.3 Å². The maximum Gasteiger partial charge on any atom is 0.214 e. The Kier molecular flexibility index (Phi) is 5.10. The third-order valence-corrected chi connectivity index (χ3v) is 5.57. The maximum absolute atomic E-state index is 12.2. The molecule has 0 radical (unpaired) electrons. The van der Waals surface area contributed by atoms with Crippen LogP contribution in [-0.4, -0.2) is 36.5 Å². The molecule has 1 aromatic heterocycles. The largest absolute Gasteiger partial charge is 0.265 e. The molecule has 2 rings (SSSR count). The second-order valence-corrected chi connectivity index (χ2v) is 7.14. The molecule has 0 spiro atoms. The molecule has 6 heteroatoms. The highest BCUT2D eigenvalue weighted by Gasteiger charge is 2.29. The van der Waals surface area contributed by atoms with Gasteiger partial charge < -0.3 is 0 Å². The summed E-state index contributed by atoms with van der Waals surface area (Å²) in [6.07, 6.45) is 6.08. The number of nitrogens with zero attached hydrogens (tertiary/aromatic N) is 3. The number of aromatic nitrogens is 1. The maximum atomic E-state index is 12.2. The van der Waals surface area contributed by atoms with E-state index in [1.54, 1.807) is 16.7 Å². The van der Waals surface area contributed by atoms with E-state index in [0.717, 1.165) is 18.4 Å². The molecule has 1 atom stereocenters. The van der Waals surface area contributed by atoms with Crippen LogP contribution in [0.1, 0.15) is 37.2 Å². The molecule has 1 aliphatic rings. The lowest BCUT2D eigenvalue weighted by molar-refractivity contribution is 0.315. The van der Waals surface area contributed by atoms with Crippen LogP contribution in [0.2, 0.25) is 0 Å². The van der Waals surface area contributed by atoms with Crippen LogP contribution in [0.3, 0.4) is 0 Å². The fourth-order valence-electron chi connectivity index (χ4n) is 2.57. The fraction of sp³-hybridized carbons (Fsp3) is 0.571. The smallest absolute Gasteiger partial charge is 0.214 e. The molecule has 1 unspecified atom stereocenters. The van der Waals surface area contributed by atoms with Crippen molar-refractivity contribution in [1.29, 1.82) is 5.26 Å². The average Bonchev–Trinajstić information content (AvgIpc) is 2.48. The fourth-order valence-corrected chi connectivity index (χ4v) is 4.15. The van der Waals surface area contributed by atoms with E-state index in [9.17, 15) is 8.42 Å². The van der Waals surface area contributed by atoms with Crippen molar-refractivity contribution in [2.75, 3.05) is 18.8 Å². The highest BCUT2D eigenvalue weighted by Crippen LogP contribution is 2.28. The lowest BCUT2D eigenvalue weighted by atomic mass is 9.92. The van der Waals surface area contributed by atoms with E-state index in [1.807, 2.05) is 18.2 Å². The lowest BCUT2D eigenvalue weighted by Gasteiger charge is -2.32. The van der Waals surface area contributed by atoms with Crippen molar-refractivity contribution in [3.8, 4) is 6.07 Å². The molecular weight excluding hydrogens is 274 g/mol. The molecule has 0 amide bonds. The molecule has 1 fully saturated rings. The van der Waals surface area contributed by atoms with Gasteiger partial charge in [-0.05, 0) is 42.9 Å². The summed E-state index contributed by atoms with van der Waals surface area (Å²) in [5.41, 5.74) is 1.15. The summed E-state index contributed by atoms with van der Waals surface area (Å²) in [6.45, 7) is 1.13.